The van der Waals surface area contributed by atoms with Crippen LogP contribution in [0.5, 0.6) is 0 Å². The summed E-state index contributed by atoms with van der Waals surface area (Å²) in [4.78, 5) is 9.26. The van der Waals surface area contributed by atoms with Gasteiger partial charge in [0.2, 0.25) is 0 Å². The second-order valence-electron chi connectivity index (χ2n) is 3.29. The standard InChI is InChI=1S/C6H16N.C3H6O2/c1-5-7(3,4)6-2;1-2-3(4)5/h5-6H2,1-4H3;2H2,1H3,(H,4,5)/q+1;/p-1. The molecule has 0 radical (unpaired) electrons. The van der Waals surface area contributed by atoms with E-state index in [0.29, 0.717) is 0 Å². The zero-order chi connectivity index (χ0) is 10.2. The summed E-state index contributed by atoms with van der Waals surface area (Å²) in [5, 5.41) is 9.26. The van der Waals surface area contributed by atoms with E-state index < -0.39 is 5.97 Å². The van der Waals surface area contributed by atoms with Crippen LogP contribution in [0.15, 0.2) is 0 Å². The van der Waals surface area contributed by atoms with Gasteiger partial charge in [0, 0.05) is 5.97 Å². The van der Waals surface area contributed by atoms with E-state index in [0.717, 1.165) is 4.48 Å². The molecule has 0 spiro atoms. The van der Waals surface area contributed by atoms with Crippen molar-refractivity contribution in [2.45, 2.75) is 27.2 Å². The van der Waals surface area contributed by atoms with Gasteiger partial charge in [-0.3, -0.25) is 0 Å². The lowest BCUT2D eigenvalue weighted by atomic mass is 10.5. The number of carboxylic acid groups (broad SMARTS) is 1. The predicted molar refractivity (Wildman–Crippen MR) is 48.5 cm³/mol. The lowest BCUT2D eigenvalue weighted by Crippen LogP contribution is -2.38. The number of carbonyl (C=O) groups excluding carboxylic acids is 1. The first kappa shape index (κ1) is 14.0. The fourth-order valence-electron chi connectivity index (χ4n) is 0.224. The Kier molecular flexibility index (Phi) is 8.27. The normalized spacial score (nSPS) is 10.1. The van der Waals surface area contributed by atoms with Gasteiger partial charge in [0.1, 0.15) is 0 Å². The number of hydrogen-bond acceptors (Lipinski definition) is 2. The maximum atomic E-state index is 9.26. The molecule has 0 aliphatic carbocycles. The van der Waals surface area contributed by atoms with E-state index in [1.54, 1.807) is 0 Å². The third-order valence-corrected chi connectivity index (χ3v) is 2.00. The SMILES string of the molecule is CCC(=O)[O-].CC[N+](C)(C)CC. The Labute approximate surface area is 75.6 Å². The van der Waals surface area contributed by atoms with Gasteiger partial charge in [-0.2, -0.15) is 0 Å². The number of carboxylic acids is 1. The third kappa shape index (κ3) is 12.1. The molecule has 74 valence electrons. The minimum absolute atomic E-state index is 0.111. The lowest BCUT2D eigenvalue weighted by Gasteiger charge is -2.25. The highest BCUT2D eigenvalue weighted by atomic mass is 16.4. The number of nitrogens with zero attached hydrogens (tertiary/aromatic N) is 1. The maximum Gasteiger partial charge on any atom is 0.0753 e. The second-order valence-corrected chi connectivity index (χ2v) is 3.29. The highest BCUT2D eigenvalue weighted by molar-refractivity contribution is 5.63. The van der Waals surface area contributed by atoms with Crippen molar-refractivity contribution in [3.63, 3.8) is 0 Å². The second kappa shape index (κ2) is 7.10. The van der Waals surface area contributed by atoms with Crippen LogP contribution >= 0.6 is 0 Å². The lowest BCUT2D eigenvalue weighted by molar-refractivity contribution is -0.886. The molecule has 0 aliphatic heterocycles. The van der Waals surface area contributed by atoms with Crippen LogP contribution in [0.1, 0.15) is 27.2 Å². The number of carbonyl (C=O) groups is 1. The molecule has 0 bridgehead atoms. The van der Waals surface area contributed by atoms with Gasteiger partial charge in [-0.05, 0) is 20.3 Å². The topological polar surface area (TPSA) is 40.1 Å². The van der Waals surface area contributed by atoms with Gasteiger partial charge in [-0.1, -0.05) is 6.92 Å². The molecule has 0 fully saturated rings. The average Bonchev–Trinajstić information content (AvgIpc) is 2.05. The van der Waals surface area contributed by atoms with Gasteiger partial charge in [-0.25, -0.2) is 0 Å². The summed E-state index contributed by atoms with van der Waals surface area (Å²) in [6.45, 7) is 8.43. The largest absolute Gasteiger partial charge is 0.550 e. The van der Waals surface area contributed by atoms with Crippen molar-refractivity contribution < 1.29 is 14.4 Å². The Bertz CT molecular complexity index is 116. The molecule has 0 aromatic heterocycles. The molecule has 0 aromatic carbocycles. The molecule has 0 amide bonds. The number of aliphatic carboxylic acids is 1. The molecule has 0 saturated carbocycles. The first-order valence-electron chi connectivity index (χ1n) is 4.41. The molecule has 0 atom stereocenters. The van der Waals surface area contributed by atoms with E-state index in [1.165, 1.54) is 20.0 Å². The molecular formula is C9H21NO2. The molecule has 3 heteroatoms. The van der Waals surface area contributed by atoms with Gasteiger partial charge < -0.3 is 14.4 Å². The van der Waals surface area contributed by atoms with Crippen LogP contribution in [-0.4, -0.2) is 37.6 Å². The van der Waals surface area contributed by atoms with E-state index >= 15 is 0 Å². The Balaban J connectivity index is 0. The fraction of sp³-hybridized carbons (Fsp3) is 0.889. The Morgan fingerprint density at radius 2 is 1.42 bits per heavy atom. The maximum absolute atomic E-state index is 9.26. The minimum atomic E-state index is -0.995. The van der Waals surface area contributed by atoms with Gasteiger partial charge in [0.15, 0.2) is 0 Å². The molecule has 0 saturated heterocycles. The summed E-state index contributed by atoms with van der Waals surface area (Å²) in [7, 11) is 4.47. The van der Waals surface area contributed by atoms with Crippen molar-refractivity contribution in [3.05, 3.63) is 0 Å². The monoisotopic (exact) mass is 175 g/mol. The minimum Gasteiger partial charge on any atom is -0.550 e. The number of rotatable bonds is 3. The molecule has 0 N–H and O–H groups in total. The first-order chi connectivity index (χ1) is 5.39. The van der Waals surface area contributed by atoms with E-state index in [9.17, 15) is 9.90 Å². The van der Waals surface area contributed by atoms with Crippen LogP contribution in [0, 0.1) is 0 Å². The van der Waals surface area contributed by atoms with Crippen molar-refractivity contribution >= 4 is 5.97 Å². The van der Waals surface area contributed by atoms with Crippen LogP contribution < -0.4 is 5.11 Å². The first-order valence-corrected chi connectivity index (χ1v) is 4.41. The molecule has 0 aromatic rings. The summed E-state index contributed by atoms with van der Waals surface area (Å²) >= 11 is 0. The van der Waals surface area contributed by atoms with Crippen molar-refractivity contribution in [3.8, 4) is 0 Å². The van der Waals surface area contributed by atoms with Gasteiger partial charge in [0.05, 0.1) is 27.2 Å². The highest BCUT2D eigenvalue weighted by Crippen LogP contribution is 1.91. The third-order valence-electron chi connectivity index (χ3n) is 2.00. The van der Waals surface area contributed by atoms with Gasteiger partial charge in [-0.15, -0.1) is 0 Å². The summed E-state index contributed by atoms with van der Waals surface area (Å²) < 4.78 is 1.14. The van der Waals surface area contributed by atoms with E-state index in [1.807, 2.05) is 0 Å². The van der Waals surface area contributed by atoms with E-state index in [4.69, 9.17) is 0 Å². The smallest absolute Gasteiger partial charge is 0.0753 e. The zero-order valence-electron chi connectivity index (χ0n) is 8.89. The molecule has 0 heterocycles. The predicted octanol–water partition coefficient (Wildman–Crippen LogP) is 0.249. The van der Waals surface area contributed by atoms with Crippen LogP contribution in [0.4, 0.5) is 0 Å². The molecule has 12 heavy (non-hydrogen) atoms. The number of hydrogen-bond donors (Lipinski definition) is 0. The van der Waals surface area contributed by atoms with Gasteiger partial charge >= 0.3 is 0 Å². The van der Waals surface area contributed by atoms with Crippen LogP contribution in [0.25, 0.3) is 0 Å². The Morgan fingerprint density at radius 1 is 1.17 bits per heavy atom. The van der Waals surface area contributed by atoms with Crippen molar-refractivity contribution in [2.75, 3.05) is 27.2 Å². The molecule has 3 nitrogen and oxygen atoms in total. The Hall–Kier alpha value is -0.570. The summed E-state index contributed by atoms with van der Waals surface area (Å²) in [5.41, 5.74) is 0. The average molecular weight is 175 g/mol. The summed E-state index contributed by atoms with van der Waals surface area (Å²) in [5.74, 6) is -0.995. The summed E-state index contributed by atoms with van der Waals surface area (Å²) in [6.07, 6.45) is 0.111. The molecule has 0 unspecified atom stereocenters. The van der Waals surface area contributed by atoms with Crippen molar-refractivity contribution in [1.29, 1.82) is 0 Å². The summed E-state index contributed by atoms with van der Waals surface area (Å²) in [6, 6.07) is 0. The van der Waals surface area contributed by atoms with Crippen molar-refractivity contribution in [1.82, 2.24) is 0 Å². The van der Waals surface area contributed by atoms with Crippen LogP contribution in [-0.2, 0) is 4.79 Å². The fourth-order valence-corrected chi connectivity index (χ4v) is 0.224. The quantitative estimate of drug-likeness (QED) is 0.577. The Morgan fingerprint density at radius 3 is 1.42 bits per heavy atom. The van der Waals surface area contributed by atoms with Crippen molar-refractivity contribution in [2.24, 2.45) is 0 Å². The van der Waals surface area contributed by atoms with Crippen LogP contribution in [0.2, 0.25) is 0 Å². The molecular weight excluding hydrogens is 154 g/mol. The van der Waals surface area contributed by atoms with Gasteiger partial charge in [0.25, 0.3) is 0 Å². The van der Waals surface area contributed by atoms with E-state index in [-0.39, 0.29) is 6.42 Å². The van der Waals surface area contributed by atoms with E-state index in [2.05, 4.69) is 27.9 Å². The number of quaternary nitrogens is 1. The van der Waals surface area contributed by atoms with Crippen LogP contribution in [0.3, 0.4) is 0 Å². The molecule has 0 aliphatic rings. The zero-order valence-corrected chi connectivity index (χ0v) is 8.89. The molecule has 0 rings (SSSR count). The highest BCUT2D eigenvalue weighted by Gasteiger charge is 2.04.